The normalized spacial score (nSPS) is 45.4. The second-order valence-electron chi connectivity index (χ2n) is 17.1. The van der Waals surface area contributed by atoms with Gasteiger partial charge >= 0.3 is 5.97 Å². The second kappa shape index (κ2) is 18.2. The first-order valence-electron chi connectivity index (χ1n) is 20.9. The van der Waals surface area contributed by atoms with E-state index in [0.717, 1.165) is 69.8 Å². The molecule has 6 rings (SSSR count). The van der Waals surface area contributed by atoms with Crippen LogP contribution in [0.2, 0.25) is 0 Å². The molecule has 0 bridgehead atoms. The third kappa shape index (κ3) is 8.93. The van der Waals surface area contributed by atoms with E-state index in [-0.39, 0.29) is 90.9 Å². The monoisotopic (exact) mass is 747 g/mol. The first-order valence-corrected chi connectivity index (χ1v) is 20.9. The van der Waals surface area contributed by atoms with Crippen molar-refractivity contribution in [2.75, 3.05) is 34.9 Å². The fraction of sp³-hybridized carbons (Fsp3) is 0.905. The molecule has 6 aliphatic rings. The Balaban J connectivity index is 1.20. The molecule has 0 N–H and O–H groups in total. The number of cyclic esters (lactones) is 1. The average Bonchev–Trinajstić information content (AvgIpc) is 3.70. The van der Waals surface area contributed by atoms with E-state index < -0.39 is 12.4 Å². The summed E-state index contributed by atoms with van der Waals surface area (Å²) in [6.07, 6.45) is 8.81. The number of fused-ring (bicyclic) bond motifs is 5. The van der Waals surface area contributed by atoms with Crippen molar-refractivity contribution < 1.29 is 47.5 Å². The summed E-state index contributed by atoms with van der Waals surface area (Å²) >= 11 is 0. The maximum Gasteiger partial charge on any atom is 0.306 e. The molecule has 0 spiro atoms. The predicted octanol–water partition coefficient (Wildman–Crippen LogP) is 6.10. The van der Waals surface area contributed by atoms with Crippen LogP contribution in [0.25, 0.3) is 0 Å². The van der Waals surface area contributed by atoms with E-state index in [1.807, 2.05) is 20.8 Å². The molecule has 11 nitrogen and oxygen atoms in total. The Morgan fingerprint density at radius 2 is 1.60 bits per heavy atom. The Hall–Kier alpha value is -1.44. The zero-order valence-electron chi connectivity index (χ0n) is 33.9. The Kier molecular flexibility index (Phi) is 14.2. The number of hydrogen-bond acceptors (Lipinski definition) is 11. The molecule has 0 aromatic rings. The van der Waals surface area contributed by atoms with Crippen LogP contribution in [0.4, 0.5) is 0 Å². The summed E-state index contributed by atoms with van der Waals surface area (Å²) in [4.78, 5) is 30.5. The Bertz CT molecular complexity index is 1260. The summed E-state index contributed by atoms with van der Waals surface area (Å²) in [5, 5.41) is 0. The van der Waals surface area contributed by atoms with Gasteiger partial charge in [-0.05, 0) is 128 Å². The number of ketones is 1. The number of methoxy groups -OCH3 is 2. The lowest BCUT2D eigenvalue weighted by Gasteiger charge is -2.44. The minimum atomic E-state index is -0.568. The summed E-state index contributed by atoms with van der Waals surface area (Å²) in [5.41, 5.74) is 0.816. The lowest BCUT2D eigenvalue weighted by atomic mass is 9.66. The van der Waals surface area contributed by atoms with Crippen molar-refractivity contribution in [3.63, 3.8) is 0 Å². The Morgan fingerprint density at radius 3 is 2.28 bits per heavy atom. The van der Waals surface area contributed by atoms with Gasteiger partial charge in [-0.1, -0.05) is 19.9 Å². The van der Waals surface area contributed by atoms with Gasteiger partial charge in [-0.15, -0.1) is 0 Å². The van der Waals surface area contributed by atoms with E-state index in [0.29, 0.717) is 24.5 Å². The lowest BCUT2D eigenvalue weighted by Crippen LogP contribution is -2.60. The highest BCUT2D eigenvalue weighted by molar-refractivity contribution is 5.99. The van der Waals surface area contributed by atoms with Crippen LogP contribution in [0.15, 0.2) is 11.6 Å². The van der Waals surface area contributed by atoms with Crippen molar-refractivity contribution in [2.45, 2.75) is 173 Å². The number of allylic oxidation sites excluding steroid dienone is 2. The molecule has 302 valence electrons. The van der Waals surface area contributed by atoms with Crippen molar-refractivity contribution in [3.05, 3.63) is 11.6 Å². The van der Waals surface area contributed by atoms with Crippen molar-refractivity contribution >= 4 is 11.8 Å². The summed E-state index contributed by atoms with van der Waals surface area (Å²) in [7, 11) is 7.55. The minimum absolute atomic E-state index is 0.00218. The molecule has 0 aromatic carbocycles. The van der Waals surface area contributed by atoms with Crippen LogP contribution in [0.1, 0.15) is 105 Å². The Morgan fingerprint density at radius 1 is 0.830 bits per heavy atom. The molecule has 0 unspecified atom stereocenters. The van der Waals surface area contributed by atoms with Gasteiger partial charge in [0.1, 0.15) is 24.4 Å². The molecular weight excluding hydrogens is 678 g/mol. The molecule has 0 amide bonds. The van der Waals surface area contributed by atoms with Gasteiger partial charge in [-0.2, -0.15) is 0 Å². The third-order valence-electron chi connectivity index (χ3n) is 13.8. The number of nitrogens with zero attached hydrogens (tertiary/aromatic N) is 1. The summed E-state index contributed by atoms with van der Waals surface area (Å²) in [6.45, 7) is 10.7. The topological polar surface area (TPSA) is 111 Å². The van der Waals surface area contributed by atoms with Crippen LogP contribution in [0, 0.1) is 35.5 Å². The SMILES string of the molecule is CCO[C@@H]1[C@@H](OC)[C@H](C)O[C@H](O[C@@H]2C[C@H]3CC[C@@H]4[C@@H](C=C5C(=O)[C@H](C)[C@@H](O[C@@H]6CC[C@H](N(C)C)[C@@H](C)O6)CCC[C@H](CC)OC(=O)C[C@H]54)[C@@H]3C2)[C@@H]1OC. The largest absolute Gasteiger partial charge is 0.462 e. The number of likely N-dealkylation sites (N-methyl/N-ethyl adjacent to an activating group) is 1. The molecule has 0 radical (unpaired) electrons. The summed E-state index contributed by atoms with van der Waals surface area (Å²) in [5.74, 6) is 0.733. The first kappa shape index (κ1) is 41.2. The molecule has 2 saturated carbocycles. The molecule has 17 atom stereocenters. The highest BCUT2D eigenvalue weighted by atomic mass is 16.7. The maximum absolute atomic E-state index is 14.7. The summed E-state index contributed by atoms with van der Waals surface area (Å²) < 4.78 is 50.2. The fourth-order valence-electron chi connectivity index (χ4n) is 11.1. The Labute approximate surface area is 318 Å². The van der Waals surface area contributed by atoms with Gasteiger partial charge in [0.15, 0.2) is 18.4 Å². The number of carbonyl (C=O) groups excluding carboxylic acids is 2. The number of Topliss-reactive ketones (excluding diaryl/α,β-unsaturated/α-hetero) is 1. The smallest absolute Gasteiger partial charge is 0.306 e. The minimum Gasteiger partial charge on any atom is -0.462 e. The van der Waals surface area contributed by atoms with Crippen molar-refractivity contribution in [3.8, 4) is 0 Å². The molecule has 11 heteroatoms. The van der Waals surface area contributed by atoms with Gasteiger partial charge in [0.05, 0.1) is 30.8 Å². The number of ether oxygens (including phenoxy) is 8. The van der Waals surface area contributed by atoms with Gasteiger partial charge in [0, 0.05) is 38.7 Å². The standard InChI is InChI=1S/C42H69NO10/c1-10-27-13-12-14-35(53-37-18-17-34(43(6)7)24(4)49-37)23(3)38(45)33-21-31-29(32(33)22-36(44)51-27)16-15-26-19-28(20-30(26)31)52-42-41(47-9)40(48-11-2)39(46-8)25(5)50-42/h21,23-32,34-35,37,39-42H,10-20,22H2,1-9H3/t23-,24-,25+,26-,27+,28-,29-,30-,31-,32+,34+,35+,37-,39+,40-,41-,42-/m1/s1. The third-order valence-corrected chi connectivity index (χ3v) is 13.8. The van der Waals surface area contributed by atoms with Gasteiger partial charge in [-0.25, -0.2) is 0 Å². The molecule has 3 aliphatic heterocycles. The zero-order chi connectivity index (χ0) is 38.0. The second-order valence-corrected chi connectivity index (χ2v) is 17.1. The quantitative estimate of drug-likeness (QED) is 0.242. The molecule has 3 aliphatic carbocycles. The molecule has 5 fully saturated rings. The number of carbonyl (C=O) groups is 2. The van der Waals surface area contributed by atoms with E-state index in [2.05, 4.69) is 38.9 Å². The maximum atomic E-state index is 14.7. The number of esters is 1. The first-order chi connectivity index (χ1) is 25.5. The van der Waals surface area contributed by atoms with Crippen molar-refractivity contribution in [1.29, 1.82) is 0 Å². The predicted molar refractivity (Wildman–Crippen MR) is 199 cm³/mol. The van der Waals surface area contributed by atoms with Gasteiger partial charge in [0.25, 0.3) is 0 Å². The van der Waals surface area contributed by atoms with Crippen LogP contribution in [0.5, 0.6) is 0 Å². The zero-order valence-corrected chi connectivity index (χ0v) is 33.9. The van der Waals surface area contributed by atoms with Crippen LogP contribution in [0.3, 0.4) is 0 Å². The fourth-order valence-corrected chi connectivity index (χ4v) is 11.1. The highest BCUT2D eigenvalue weighted by Crippen LogP contribution is 2.57. The molecule has 53 heavy (non-hydrogen) atoms. The highest BCUT2D eigenvalue weighted by Gasteiger charge is 2.54. The van der Waals surface area contributed by atoms with Gasteiger partial charge in [-0.3, -0.25) is 9.59 Å². The molecular formula is C42H69NO10. The van der Waals surface area contributed by atoms with Crippen LogP contribution < -0.4 is 0 Å². The lowest BCUT2D eigenvalue weighted by molar-refractivity contribution is -0.317. The average molecular weight is 748 g/mol. The molecule has 3 heterocycles. The van der Waals surface area contributed by atoms with Gasteiger partial charge < -0.3 is 42.8 Å². The van der Waals surface area contributed by atoms with Crippen molar-refractivity contribution in [2.24, 2.45) is 35.5 Å². The van der Waals surface area contributed by atoms with E-state index in [1.165, 1.54) is 0 Å². The molecule has 0 aromatic heterocycles. The van der Waals surface area contributed by atoms with Crippen molar-refractivity contribution in [1.82, 2.24) is 4.90 Å². The van der Waals surface area contributed by atoms with Gasteiger partial charge in [0.2, 0.25) is 0 Å². The van der Waals surface area contributed by atoms with E-state index in [1.54, 1.807) is 14.2 Å². The van der Waals surface area contributed by atoms with E-state index >= 15 is 0 Å². The van der Waals surface area contributed by atoms with Crippen LogP contribution >= 0.6 is 0 Å². The number of rotatable bonds is 10. The summed E-state index contributed by atoms with van der Waals surface area (Å²) in [6, 6.07) is 0.345. The number of hydrogen-bond donors (Lipinski definition) is 0. The van der Waals surface area contributed by atoms with Crippen LogP contribution in [-0.2, 0) is 47.5 Å². The molecule has 3 saturated heterocycles. The van der Waals surface area contributed by atoms with Crippen LogP contribution in [-0.4, -0.2) is 119 Å². The van der Waals surface area contributed by atoms with E-state index in [4.69, 9.17) is 37.9 Å². The van der Waals surface area contributed by atoms with E-state index in [9.17, 15) is 9.59 Å².